The van der Waals surface area contributed by atoms with Crippen molar-refractivity contribution in [3.8, 4) is 11.3 Å². The third-order valence-corrected chi connectivity index (χ3v) is 3.76. The number of hydrogen-bond donors (Lipinski definition) is 2. The summed E-state index contributed by atoms with van der Waals surface area (Å²) in [4.78, 5) is 12.2. The van der Waals surface area contributed by atoms with Crippen molar-refractivity contribution < 1.29 is 9.18 Å². The SMILES string of the molecule is C/C(=N\NC(=O)c1cc(-c2ccc(F)cc2)n[nH]1)c1ccc(C)cc1. The van der Waals surface area contributed by atoms with E-state index in [1.54, 1.807) is 18.2 Å². The van der Waals surface area contributed by atoms with Gasteiger partial charge in [0.1, 0.15) is 11.5 Å². The van der Waals surface area contributed by atoms with Crippen LogP contribution in [0.1, 0.15) is 28.5 Å². The molecule has 0 aliphatic carbocycles. The van der Waals surface area contributed by atoms with Gasteiger partial charge in [0.2, 0.25) is 0 Å². The predicted octanol–water partition coefficient (Wildman–Crippen LogP) is 3.68. The highest BCUT2D eigenvalue weighted by molar-refractivity contribution is 6.00. The molecule has 1 amide bonds. The fourth-order valence-corrected chi connectivity index (χ4v) is 2.26. The molecule has 0 bridgehead atoms. The number of halogens is 1. The Morgan fingerprint density at radius 3 is 2.48 bits per heavy atom. The molecule has 0 spiro atoms. The average Bonchev–Trinajstić information content (AvgIpc) is 3.11. The number of aromatic amines is 1. The van der Waals surface area contributed by atoms with Crippen molar-refractivity contribution in [1.82, 2.24) is 15.6 Å². The molecule has 3 rings (SSSR count). The minimum absolute atomic E-state index is 0.278. The minimum atomic E-state index is -0.396. The van der Waals surface area contributed by atoms with Crippen LogP contribution in [0.3, 0.4) is 0 Å². The maximum atomic E-state index is 13.0. The minimum Gasteiger partial charge on any atom is -0.272 e. The quantitative estimate of drug-likeness (QED) is 0.564. The van der Waals surface area contributed by atoms with Gasteiger partial charge < -0.3 is 0 Å². The van der Waals surface area contributed by atoms with Crippen molar-refractivity contribution >= 4 is 11.6 Å². The second-order valence-electron chi connectivity index (χ2n) is 5.68. The van der Waals surface area contributed by atoms with Crippen molar-refractivity contribution in [3.05, 3.63) is 77.2 Å². The Bertz CT molecular complexity index is 911. The highest BCUT2D eigenvalue weighted by atomic mass is 19.1. The van der Waals surface area contributed by atoms with Crippen molar-refractivity contribution in [2.75, 3.05) is 0 Å². The largest absolute Gasteiger partial charge is 0.289 e. The third-order valence-electron chi connectivity index (χ3n) is 3.76. The van der Waals surface area contributed by atoms with Crippen LogP contribution >= 0.6 is 0 Å². The van der Waals surface area contributed by atoms with Crippen LogP contribution in [0.5, 0.6) is 0 Å². The average molecular weight is 336 g/mol. The predicted molar refractivity (Wildman–Crippen MR) is 94.8 cm³/mol. The number of aryl methyl sites for hydroxylation is 1. The molecule has 2 N–H and O–H groups in total. The van der Waals surface area contributed by atoms with Crippen LogP contribution in [-0.4, -0.2) is 21.8 Å². The maximum Gasteiger partial charge on any atom is 0.289 e. The highest BCUT2D eigenvalue weighted by Crippen LogP contribution is 2.18. The van der Waals surface area contributed by atoms with Gasteiger partial charge in [0, 0.05) is 5.56 Å². The second-order valence-corrected chi connectivity index (χ2v) is 5.68. The van der Waals surface area contributed by atoms with Crippen LogP contribution in [0.2, 0.25) is 0 Å². The lowest BCUT2D eigenvalue weighted by atomic mass is 10.1. The molecular formula is C19H17FN4O. The van der Waals surface area contributed by atoms with Gasteiger partial charge in [-0.3, -0.25) is 9.89 Å². The summed E-state index contributed by atoms with van der Waals surface area (Å²) in [6.07, 6.45) is 0. The number of hydrogen-bond acceptors (Lipinski definition) is 3. The van der Waals surface area contributed by atoms with Crippen molar-refractivity contribution in [2.45, 2.75) is 13.8 Å². The smallest absolute Gasteiger partial charge is 0.272 e. The zero-order valence-corrected chi connectivity index (χ0v) is 13.9. The molecule has 126 valence electrons. The Kier molecular flexibility index (Phi) is 4.70. The third kappa shape index (κ3) is 3.98. The summed E-state index contributed by atoms with van der Waals surface area (Å²) in [7, 11) is 0. The summed E-state index contributed by atoms with van der Waals surface area (Å²) in [5.41, 5.74) is 6.85. The van der Waals surface area contributed by atoms with Gasteiger partial charge in [-0.2, -0.15) is 10.2 Å². The number of nitrogens with zero attached hydrogens (tertiary/aromatic N) is 2. The molecule has 25 heavy (non-hydrogen) atoms. The van der Waals surface area contributed by atoms with E-state index in [4.69, 9.17) is 0 Å². The molecule has 0 aliphatic rings. The number of carbonyl (C=O) groups is 1. The van der Waals surface area contributed by atoms with E-state index in [-0.39, 0.29) is 11.5 Å². The normalized spacial score (nSPS) is 11.4. The van der Waals surface area contributed by atoms with E-state index in [0.717, 1.165) is 16.7 Å². The van der Waals surface area contributed by atoms with Gasteiger partial charge in [0.15, 0.2) is 0 Å². The van der Waals surface area contributed by atoms with Crippen LogP contribution in [0, 0.1) is 12.7 Å². The Labute approximate surface area is 144 Å². The zero-order chi connectivity index (χ0) is 17.8. The van der Waals surface area contributed by atoms with Crippen molar-refractivity contribution in [2.24, 2.45) is 5.10 Å². The Morgan fingerprint density at radius 1 is 1.12 bits per heavy atom. The molecule has 0 radical (unpaired) electrons. The molecule has 0 aliphatic heterocycles. The van der Waals surface area contributed by atoms with E-state index in [1.807, 2.05) is 38.1 Å². The standard InChI is InChI=1S/C19H17FN4O/c1-12-3-5-14(6-4-12)13(2)21-24-19(25)18-11-17(22-23-18)15-7-9-16(20)10-8-15/h3-11H,1-2H3,(H,22,23)(H,24,25)/b21-13+. The van der Waals surface area contributed by atoms with Crippen LogP contribution < -0.4 is 5.43 Å². The van der Waals surface area contributed by atoms with E-state index in [0.29, 0.717) is 11.4 Å². The zero-order valence-electron chi connectivity index (χ0n) is 13.9. The first kappa shape index (κ1) is 16.6. The lowest BCUT2D eigenvalue weighted by Crippen LogP contribution is -2.19. The summed E-state index contributed by atoms with van der Waals surface area (Å²) in [5.74, 6) is -0.717. The molecule has 0 saturated carbocycles. The number of amides is 1. The first-order valence-corrected chi connectivity index (χ1v) is 7.76. The van der Waals surface area contributed by atoms with E-state index < -0.39 is 5.91 Å². The van der Waals surface area contributed by atoms with Crippen LogP contribution in [0.15, 0.2) is 59.7 Å². The number of aromatic nitrogens is 2. The van der Waals surface area contributed by atoms with Crippen molar-refractivity contribution in [1.29, 1.82) is 0 Å². The van der Waals surface area contributed by atoms with E-state index in [9.17, 15) is 9.18 Å². The molecule has 5 nitrogen and oxygen atoms in total. The summed E-state index contributed by atoms with van der Waals surface area (Å²) in [6.45, 7) is 3.83. The molecular weight excluding hydrogens is 319 g/mol. The Balaban J connectivity index is 1.70. The van der Waals surface area contributed by atoms with Gasteiger partial charge in [-0.1, -0.05) is 29.8 Å². The van der Waals surface area contributed by atoms with Crippen LogP contribution in [0.4, 0.5) is 4.39 Å². The number of carbonyl (C=O) groups excluding carboxylic acids is 1. The molecule has 0 atom stereocenters. The fraction of sp³-hybridized carbons (Fsp3) is 0.105. The van der Waals surface area contributed by atoms with Gasteiger partial charge in [-0.05, 0) is 49.7 Å². The summed E-state index contributed by atoms with van der Waals surface area (Å²) >= 11 is 0. The van der Waals surface area contributed by atoms with E-state index >= 15 is 0 Å². The first-order valence-electron chi connectivity index (χ1n) is 7.76. The number of benzene rings is 2. The first-order chi connectivity index (χ1) is 12.0. The molecule has 0 saturated heterocycles. The van der Waals surface area contributed by atoms with Gasteiger partial charge in [-0.15, -0.1) is 0 Å². The topological polar surface area (TPSA) is 70.1 Å². The molecule has 6 heteroatoms. The van der Waals surface area contributed by atoms with Gasteiger partial charge >= 0.3 is 0 Å². The maximum absolute atomic E-state index is 13.0. The molecule has 0 unspecified atom stereocenters. The lowest BCUT2D eigenvalue weighted by Gasteiger charge is -2.02. The highest BCUT2D eigenvalue weighted by Gasteiger charge is 2.11. The summed E-state index contributed by atoms with van der Waals surface area (Å²) < 4.78 is 13.0. The summed E-state index contributed by atoms with van der Waals surface area (Å²) in [6, 6.07) is 15.4. The monoisotopic (exact) mass is 336 g/mol. The molecule has 0 fully saturated rings. The molecule has 1 heterocycles. The molecule has 3 aromatic rings. The van der Waals surface area contributed by atoms with Gasteiger partial charge in [-0.25, -0.2) is 9.82 Å². The summed E-state index contributed by atoms with van der Waals surface area (Å²) in [5, 5.41) is 10.9. The van der Waals surface area contributed by atoms with E-state index in [1.165, 1.54) is 12.1 Å². The molecule has 2 aromatic carbocycles. The fourth-order valence-electron chi connectivity index (χ4n) is 2.26. The van der Waals surface area contributed by atoms with Crippen molar-refractivity contribution in [3.63, 3.8) is 0 Å². The number of nitrogens with one attached hydrogen (secondary N) is 2. The number of hydrazone groups is 1. The molecule has 1 aromatic heterocycles. The Hall–Kier alpha value is -3.28. The Morgan fingerprint density at radius 2 is 1.80 bits per heavy atom. The van der Waals surface area contributed by atoms with Crippen LogP contribution in [0.25, 0.3) is 11.3 Å². The van der Waals surface area contributed by atoms with E-state index in [2.05, 4.69) is 20.7 Å². The van der Waals surface area contributed by atoms with Gasteiger partial charge in [0.25, 0.3) is 5.91 Å². The lowest BCUT2D eigenvalue weighted by molar-refractivity contribution is 0.0950. The van der Waals surface area contributed by atoms with Gasteiger partial charge in [0.05, 0.1) is 11.4 Å². The van der Waals surface area contributed by atoms with Crippen LogP contribution in [-0.2, 0) is 0 Å². The number of rotatable bonds is 4. The second kappa shape index (κ2) is 7.09. The number of H-pyrrole nitrogens is 1.